The molecule has 0 aliphatic heterocycles. The molecule has 150 valence electrons. The van der Waals surface area contributed by atoms with Gasteiger partial charge in [-0.2, -0.15) is 0 Å². The Hall–Kier alpha value is -1.85. The summed E-state index contributed by atoms with van der Waals surface area (Å²) >= 11 is 7.41. The standard InChI is InChI=1S/C22H27ClN2O2S/c1-16-9-11-17(12-10-16)15-25(20(26)14-23)21(19-8-5-13-28-19)22(27)24-18-6-3-2-4-7-18/h5,8-13,18,21H,2-4,6-7,14-15H2,1H3,(H,24,27)/t21-/m0/s1. The number of nitrogens with zero attached hydrogens (tertiary/aromatic N) is 1. The quantitative estimate of drug-likeness (QED) is 0.655. The number of alkyl halides is 1. The van der Waals surface area contributed by atoms with Gasteiger partial charge in [-0.15, -0.1) is 22.9 Å². The first kappa shape index (κ1) is 20.9. The average molecular weight is 419 g/mol. The molecule has 0 unspecified atom stereocenters. The van der Waals surface area contributed by atoms with Crippen molar-refractivity contribution >= 4 is 34.8 Å². The van der Waals surface area contributed by atoms with E-state index in [4.69, 9.17) is 11.6 Å². The van der Waals surface area contributed by atoms with Gasteiger partial charge in [0.1, 0.15) is 11.9 Å². The molecular weight excluding hydrogens is 392 g/mol. The Morgan fingerprint density at radius 1 is 1.18 bits per heavy atom. The topological polar surface area (TPSA) is 49.4 Å². The van der Waals surface area contributed by atoms with Crippen LogP contribution >= 0.6 is 22.9 Å². The molecule has 1 N–H and O–H groups in total. The van der Waals surface area contributed by atoms with Crippen molar-refractivity contribution in [2.24, 2.45) is 0 Å². The molecule has 0 saturated heterocycles. The Labute approximate surface area is 175 Å². The highest BCUT2D eigenvalue weighted by Crippen LogP contribution is 2.29. The molecule has 1 aromatic carbocycles. The number of rotatable bonds is 7. The van der Waals surface area contributed by atoms with E-state index in [1.54, 1.807) is 4.90 Å². The summed E-state index contributed by atoms with van der Waals surface area (Å²) < 4.78 is 0. The van der Waals surface area contributed by atoms with Gasteiger partial charge in [-0.25, -0.2) is 0 Å². The largest absolute Gasteiger partial charge is 0.351 e. The third-order valence-corrected chi connectivity index (χ3v) is 6.39. The van der Waals surface area contributed by atoms with Crippen LogP contribution in [0.3, 0.4) is 0 Å². The van der Waals surface area contributed by atoms with E-state index in [9.17, 15) is 9.59 Å². The van der Waals surface area contributed by atoms with Crippen molar-refractivity contribution in [2.75, 3.05) is 5.88 Å². The average Bonchev–Trinajstić information content (AvgIpc) is 3.23. The van der Waals surface area contributed by atoms with E-state index in [1.165, 1.54) is 17.8 Å². The molecule has 0 radical (unpaired) electrons. The third kappa shape index (κ3) is 5.36. The van der Waals surface area contributed by atoms with E-state index in [0.29, 0.717) is 6.54 Å². The molecule has 6 heteroatoms. The Morgan fingerprint density at radius 3 is 2.50 bits per heavy atom. The van der Waals surface area contributed by atoms with Gasteiger partial charge >= 0.3 is 0 Å². The number of amides is 2. The number of hydrogen-bond donors (Lipinski definition) is 1. The van der Waals surface area contributed by atoms with Crippen LogP contribution in [-0.2, 0) is 16.1 Å². The maximum atomic E-state index is 13.3. The maximum Gasteiger partial charge on any atom is 0.248 e. The van der Waals surface area contributed by atoms with Crippen molar-refractivity contribution in [2.45, 2.75) is 57.7 Å². The van der Waals surface area contributed by atoms with Crippen molar-refractivity contribution in [3.8, 4) is 0 Å². The molecule has 2 aromatic rings. The van der Waals surface area contributed by atoms with E-state index in [2.05, 4.69) is 5.32 Å². The van der Waals surface area contributed by atoms with Crippen LogP contribution in [0.15, 0.2) is 41.8 Å². The zero-order chi connectivity index (χ0) is 19.9. The number of aryl methyl sites for hydroxylation is 1. The molecule has 4 nitrogen and oxygen atoms in total. The normalized spacial score (nSPS) is 15.8. The number of halogens is 1. The third-order valence-electron chi connectivity index (χ3n) is 5.23. The predicted molar refractivity (Wildman–Crippen MR) is 115 cm³/mol. The lowest BCUT2D eigenvalue weighted by Crippen LogP contribution is -2.47. The van der Waals surface area contributed by atoms with Gasteiger partial charge in [0, 0.05) is 17.5 Å². The molecular formula is C22H27ClN2O2S. The Bertz CT molecular complexity index is 770. The second kappa shape index (κ2) is 10.1. The molecule has 0 bridgehead atoms. The summed E-state index contributed by atoms with van der Waals surface area (Å²) in [5.74, 6) is -0.496. The molecule has 28 heavy (non-hydrogen) atoms. The summed E-state index contributed by atoms with van der Waals surface area (Å²) in [6.45, 7) is 2.38. The summed E-state index contributed by atoms with van der Waals surface area (Å²) in [6, 6.07) is 11.4. The minimum absolute atomic E-state index is 0.111. The van der Waals surface area contributed by atoms with Crippen molar-refractivity contribution in [1.29, 1.82) is 0 Å². The highest BCUT2D eigenvalue weighted by Gasteiger charge is 2.33. The molecule has 1 aliphatic rings. The highest BCUT2D eigenvalue weighted by molar-refractivity contribution is 7.10. The zero-order valence-corrected chi connectivity index (χ0v) is 17.8. The van der Waals surface area contributed by atoms with Crippen molar-refractivity contribution < 1.29 is 9.59 Å². The van der Waals surface area contributed by atoms with Gasteiger partial charge in [0.25, 0.3) is 0 Å². The molecule has 2 amide bonds. The second-order valence-corrected chi connectivity index (χ2v) is 8.65. The van der Waals surface area contributed by atoms with Crippen molar-refractivity contribution in [3.05, 3.63) is 57.8 Å². The molecule has 1 atom stereocenters. The fourth-order valence-electron chi connectivity index (χ4n) is 3.69. The van der Waals surface area contributed by atoms with Gasteiger partial charge < -0.3 is 10.2 Å². The maximum absolute atomic E-state index is 13.3. The van der Waals surface area contributed by atoms with Gasteiger partial charge in [-0.05, 0) is 36.8 Å². The fraction of sp³-hybridized carbons (Fsp3) is 0.455. The smallest absolute Gasteiger partial charge is 0.248 e. The fourth-order valence-corrected chi connectivity index (χ4v) is 4.68. The summed E-state index contributed by atoms with van der Waals surface area (Å²) in [5, 5.41) is 5.13. The molecule has 0 spiro atoms. The molecule has 1 aromatic heterocycles. The van der Waals surface area contributed by atoms with Crippen LogP contribution in [0, 0.1) is 6.92 Å². The van der Waals surface area contributed by atoms with Crippen LogP contribution in [-0.4, -0.2) is 28.6 Å². The second-order valence-electron chi connectivity index (χ2n) is 7.40. The van der Waals surface area contributed by atoms with E-state index in [0.717, 1.165) is 41.7 Å². The van der Waals surface area contributed by atoms with E-state index in [1.807, 2.05) is 48.7 Å². The molecule has 1 heterocycles. The summed E-state index contributed by atoms with van der Waals surface area (Å²) in [5.41, 5.74) is 2.14. The molecule has 1 fully saturated rings. The number of carbonyl (C=O) groups is 2. The van der Waals surface area contributed by atoms with Crippen LogP contribution in [0.5, 0.6) is 0 Å². The first-order valence-corrected chi connectivity index (χ1v) is 11.2. The minimum Gasteiger partial charge on any atom is -0.351 e. The van der Waals surface area contributed by atoms with Gasteiger partial charge in [-0.1, -0.05) is 55.2 Å². The number of nitrogens with one attached hydrogen (secondary N) is 1. The molecule has 1 aliphatic carbocycles. The lowest BCUT2D eigenvalue weighted by molar-refractivity contribution is -0.140. The number of carbonyl (C=O) groups excluding carboxylic acids is 2. The lowest BCUT2D eigenvalue weighted by atomic mass is 9.95. The number of hydrogen-bond acceptors (Lipinski definition) is 3. The van der Waals surface area contributed by atoms with Gasteiger partial charge in [0.15, 0.2) is 0 Å². The Morgan fingerprint density at radius 2 is 1.89 bits per heavy atom. The van der Waals surface area contributed by atoms with Crippen LogP contribution in [0.25, 0.3) is 0 Å². The summed E-state index contributed by atoms with van der Waals surface area (Å²) in [7, 11) is 0. The number of thiophene rings is 1. The van der Waals surface area contributed by atoms with Crippen LogP contribution in [0.4, 0.5) is 0 Å². The first-order valence-electron chi connectivity index (χ1n) is 9.83. The Kier molecular flexibility index (Phi) is 7.51. The van der Waals surface area contributed by atoms with Crippen LogP contribution < -0.4 is 5.32 Å². The van der Waals surface area contributed by atoms with Crippen molar-refractivity contribution in [1.82, 2.24) is 10.2 Å². The predicted octanol–water partition coefficient (Wildman–Crippen LogP) is 4.81. The minimum atomic E-state index is -0.658. The van der Waals surface area contributed by atoms with Crippen LogP contribution in [0.1, 0.15) is 54.1 Å². The summed E-state index contributed by atoms with van der Waals surface area (Å²) in [6.07, 6.45) is 5.52. The monoisotopic (exact) mass is 418 g/mol. The van der Waals surface area contributed by atoms with Crippen LogP contribution in [0.2, 0.25) is 0 Å². The first-order chi connectivity index (χ1) is 13.6. The van der Waals surface area contributed by atoms with E-state index in [-0.39, 0.29) is 23.7 Å². The summed E-state index contributed by atoms with van der Waals surface area (Å²) in [4.78, 5) is 28.5. The zero-order valence-electron chi connectivity index (χ0n) is 16.2. The molecule has 1 saturated carbocycles. The van der Waals surface area contributed by atoms with Crippen molar-refractivity contribution in [3.63, 3.8) is 0 Å². The SMILES string of the molecule is Cc1ccc(CN(C(=O)CCl)[C@H](C(=O)NC2CCCCC2)c2cccs2)cc1. The lowest BCUT2D eigenvalue weighted by Gasteiger charge is -2.32. The van der Waals surface area contributed by atoms with E-state index >= 15 is 0 Å². The van der Waals surface area contributed by atoms with Gasteiger partial charge in [0.05, 0.1) is 0 Å². The van der Waals surface area contributed by atoms with Gasteiger partial charge in [-0.3, -0.25) is 9.59 Å². The Balaban J connectivity index is 1.86. The number of benzene rings is 1. The molecule has 3 rings (SSSR count). The van der Waals surface area contributed by atoms with E-state index < -0.39 is 6.04 Å². The van der Waals surface area contributed by atoms with Gasteiger partial charge in [0.2, 0.25) is 11.8 Å². The highest BCUT2D eigenvalue weighted by atomic mass is 35.5.